The molecule has 1 saturated heterocycles. The summed E-state index contributed by atoms with van der Waals surface area (Å²) in [5.74, 6) is 0. The third kappa shape index (κ3) is 2.03. The van der Waals surface area contributed by atoms with Gasteiger partial charge in [0, 0.05) is 26.2 Å². The van der Waals surface area contributed by atoms with Crippen LogP contribution in [0.15, 0.2) is 24.3 Å². The van der Waals surface area contributed by atoms with E-state index < -0.39 is 10.2 Å². The van der Waals surface area contributed by atoms with Crippen molar-refractivity contribution in [3.63, 3.8) is 0 Å². The number of hydrogen-bond donors (Lipinski definition) is 0. The van der Waals surface area contributed by atoms with Gasteiger partial charge >= 0.3 is 0 Å². The van der Waals surface area contributed by atoms with E-state index in [1.54, 1.807) is 4.31 Å². The molecule has 0 bridgehead atoms. The van der Waals surface area contributed by atoms with Crippen molar-refractivity contribution in [2.45, 2.75) is 18.4 Å². The molecule has 3 rings (SSSR count). The average molecular weight is 270 g/mol. The Balaban J connectivity index is 1.66. The van der Waals surface area contributed by atoms with Gasteiger partial charge in [-0.2, -0.15) is 17.0 Å². The van der Waals surface area contributed by atoms with Gasteiger partial charge < -0.3 is 4.74 Å². The second kappa shape index (κ2) is 4.45. The molecule has 100 valence electrons. The van der Waals surface area contributed by atoms with Crippen molar-refractivity contribution in [1.82, 2.24) is 8.61 Å². The summed E-state index contributed by atoms with van der Waals surface area (Å²) in [4.78, 5) is 0. The molecule has 0 aromatic carbocycles. The van der Waals surface area contributed by atoms with Crippen LogP contribution in [0.4, 0.5) is 0 Å². The van der Waals surface area contributed by atoms with Crippen molar-refractivity contribution in [1.29, 1.82) is 0 Å². The minimum absolute atomic E-state index is 0.257. The Morgan fingerprint density at radius 1 is 1.06 bits per heavy atom. The third-order valence-electron chi connectivity index (χ3n) is 3.74. The van der Waals surface area contributed by atoms with Crippen LogP contribution in [0.25, 0.3) is 0 Å². The second-order valence-corrected chi connectivity index (χ2v) is 6.99. The molecule has 0 atom stereocenters. The molecule has 1 spiro atoms. The van der Waals surface area contributed by atoms with Crippen LogP contribution in [-0.4, -0.2) is 55.4 Å². The van der Waals surface area contributed by atoms with Crippen LogP contribution in [0.5, 0.6) is 0 Å². The maximum absolute atomic E-state index is 12.3. The third-order valence-corrected chi connectivity index (χ3v) is 5.64. The highest BCUT2D eigenvalue weighted by Crippen LogP contribution is 2.34. The molecule has 5 nitrogen and oxygen atoms in total. The smallest absolute Gasteiger partial charge is 0.282 e. The molecule has 0 radical (unpaired) electrons. The van der Waals surface area contributed by atoms with E-state index in [2.05, 4.69) is 6.08 Å². The molecule has 0 N–H and O–H groups in total. The van der Waals surface area contributed by atoms with Crippen LogP contribution in [0.1, 0.15) is 12.8 Å². The molecule has 6 heteroatoms. The van der Waals surface area contributed by atoms with Gasteiger partial charge in [-0.05, 0) is 12.8 Å². The van der Waals surface area contributed by atoms with Gasteiger partial charge in [0.05, 0.1) is 12.2 Å². The second-order valence-electron chi connectivity index (χ2n) is 5.06. The minimum atomic E-state index is -3.29. The lowest BCUT2D eigenvalue weighted by Crippen LogP contribution is -2.67. The van der Waals surface area contributed by atoms with E-state index in [9.17, 15) is 8.42 Å². The predicted octanol–water partition coefficient (Wildman–Crippen LogP) is 0.524. The fraction of sp³-hybridized carbons (Fsp3) is 0.667. The van der Waals surface area contributed by atoms with Gasteiger partial charge in [0.2, 0.25) is 0 Å². The summed E-state index contributed by atoms with van der Waals surface area (Å²) in [6.45, 7) is 2.65. The summed E-state index contributed by atoms with van der Waals surface area (Å²) in [5, 5.41) is 0. The normalized spacial score (nSPS) is 28.4. The lowest BCUT2D eigenvalue weighted by atomic mass is 9.91. The van der Waals surface area contributed by atoms with Gasteiger partial charge in [0.1, 0.15) is 0 Å². The Hall–Kier alpha value is -0.690. The van der Waals surface area contributed by atoms with Crippen molar-refractivity contribution >= 4 is 10.2 Å². The van der Waals surface area contributed by atoms with Crippen LogP contribution in [0.3, 0.4) is 0 Å². The van der Waals surface area contributed by atoms with Gasteiger partial charge in [-0.25, -0.2) is 0 Å². The topological polar surface area (TPSA) is 49.9 Å². The first-order valence-corrected chi connectivity index (χ1v) is 7.71. The van der Waals surface area contributed by atoms with Crippen LogP contribution < -0.4 is 0 Å². The summed E-state index contributed by atoms with van der Waals surface area (Å²) in [6.07, 6.45) is 9.63. The molecule has 3 aliphatic rings. The van der Waals surface area contributed by atoms with Gasteiger partial charge in [-0.3, -0.25) is 0 Å². The summed E-state index contributed by atoms with van der Waals surface area (Å²) in [6, 6.07) is 0. The zero-order chi connectivity index (χ0) is 12.6. The largest absolute Gasteiger partial charge is 0.368 e. The Labute approximate surface area is 108 Å². The van der Waals surface area contributed by atoms with Crippen molar-refractivity contribution in [2.75, 3.05) is 32.8 Å². The maximum Gasteiger partial charge on any atom is 0.282 e. The summed E-state index contributed by atoms with van der Waals surface area (Å²) in [5.41, 5.74) is -0.257. The SMILES string of the molecule is O=S(=O)(N1CC=CCC1)N1CC2(CC=CCO2)C1. The minimum Gasteiger partial charge on any atom is -0.368 e. The Morgan fingerprint density at radius 2 is 1.89 bits per heavy atom. The van der Waals surface area contributed by atoms with Crippen LogP contribution in [0.2, 0.25) is 0 Å². The Bertz CT molecular complexity index is 478. The van der Waals surface area contributed by atoms with Crippen molar-refractivity contribution < 1.29 is 13.2 Å². The zero-order valence-electron chi connectivity index (χ0n) is 10.3. The number of ether oxygens (including phenoxy) is 1. The maximum atomic E-state index is 12.3. The molecule has 0 amide bonds. The van der Waals surface area contributed by atoms with Crippen molar-refractivity contribution in [2.24, 2.45) is 0 Å². The highest BCUT2D eigenvalue weighted by molar-refractivity contribution is 7.86. The average Bonchev–Trinajstić information content (AvgIpc) is 2.38. The van der Waals surface area contributed by atoms with Crippen LogP contribution in [-0.2, 0) is 14.9 Å². The molecule has 0 aromatic rings. The lowest BCUT2D eigenvalue weighted by Gasteiger charge is -2.50. The summed E-state index contributed by atoms with van der Waals surface area (Å²) >= 11 is 0. The van der Waals surface area contributed by atoms with Crippen LogP contribution >= 0.6 is 0 Å². The van der Waals surface area contributed by atoms with Crippen LogP contribution in [0, 0.1) is 0 Å². The molecule has 3 heterocycles. The first-order chi connectivity index (χ1) is 8.62. The molecular formula is C12H18N2O3S. The standard InChI is InChI=1S/C12H18N2O3S/c15-18(16,13-7-3-1-4-8-13)14-10-12(11-14)6-2-5-9-17-12/h1-3,5H,4,6-11H2. The predicted molar refractivity (Wildman–Crippen MR) is 68.3 cm³/mol. The summed E-state index contributed by atoms with van der Waals surface area (Å²) in [7, 11) is -3.29. The van der Waals surface area contributed by atoms with Crippen molar-refractivity contribution in [3.8, 4) is 0 Å². The molecule has 3 aliphatic heterocycles. The first kappa shape index (κ1) is 12.3. The number of rotatable bonds is 2. The molecule has 1 fully saturated rings. The van der Waals surface area contributed by atoms with Gasteiger partial charge in [-0.15, -0.1) is 0 Å². The molecule has 0 unspecified atom stereocenters. The fourth-order valence-corrected chi connectivity index (χ4v) is 4.36. The number of hydrogen-bond acceptors (Lipinski definition) is 3. The van der Waals surface area contributed by atoms with Gasteiger partial charge in [0.15, 0.2) is 0 Å². The molecule has 0 aliphatic carbocycles. The fourth-order valence-electron chi connectivity index (χ4n) is 2.62. The van der Waals surface area contributed by atoms with E-state index in [1.165, 1.54) is 4.31 Å². The Kier molecular flexibility index (Phi) is 3.05. The molecular weight excluding hydrogens is 252 g/mol. The van der Waals surface area contributed by atoms with E-state index >= 15 is 0 Å². The van der Waals surface area contributed by atoms with E-state index in [1.807, 2.05) is 18.2 Å². The number of nitrogens with zero attached hydrogens (tertiary/aromatic N) is 2. The first-order valence-electron chi connectivity index (χ1n) is 6.32. The van der Waals surface area contributed by atoms with E-state index in [0.29, 0.717) is 32.8 Å². The monoisotopic (exact) mass is 270 g/mol. The Morgan fingerprint density at radius 3 is 2.50 bits per heavy atom. The zero-order valence-corrected chi connectivity index (χ0v) is 11.1. The van der Waals surface area contributed by atoms with Crippen molar-refractivity contribution in [3.05, 3.63) is 24.3 Å². The summed E-state index contributed by atoms with van der Waals surface area (Å²) < 4.78 is 33.4. The molecule has 0 aromatic heterocycles. The lowest BCUT2D eigenvalue weighted by molar-refractivity contribution is -0.111. The van der Waals surface area contributed by atoms with Gasteiger partial charge in [0.25, 0.3) is 10.2 Å². The van der Waals surface area contributed by atoms with Gasteiger partial charge in [-0.1, -0.05) is 24.3 Å². The molecule has 0 saturated carbocycles. The quantitative estimate of drug-likeness (QED) is 0.688. The molecule has 18 heavy (non-hydrogen) atoms. The highest BCUT2D eigenvalue weighted by Gasteiger charge is 2.50. The highest BCUT2D eigenvalue weighted by atomic mass is 32.2. The van der Waals surface area contributed by atoms with E-state index in [-0.39, 0.29) is 5.60 Å². The van der Waals surface area contributed by atoms with E-state index in [0.717, 1.165) is 12.8 Å². The van der Waals surface area contributed by atoms with E-state index in [4.69, 9.17) is 4.74 Å².